The number of ether oxygens (including phenoxy) is 3. The predicted octanol–water partition coefficient (Wildman–Crippen LogP) is 1.93. The topological polar surface area (TPSA) is 117 Å². The Balaban J connectivity index is 3.26. The van der Waals surface area contributed by atoms with Gasteiger partial charge in [-0.05, 0) is 12.3 Å². The Labute approximate surface area is 145 Å². The van der Waals surface area contributed by atoms with E-state index in [4.69, 9.17) is 9.47 Å². The lowest BCUT2D eigenvalue weighted by molar-refractivity contribution is -0.385. The van der Waals surface area contributed by atoms with Crippen LogP contribution in [0.1, 0.15) is 30.6 Å². The van der Waals surface area contributed by atoms with Crippen molar-refractivity contribution >= 4 is 17.6 Å². The number of nitrogens with zero attached hydrogens (tertiary/aromatic N) is 1. The van der Waals surface area contributed by atoms with E-state index in [1.165, 1.54) is 27.4 Å². The smallest absolute Gasteiger partial charge is 0.328 e. The summed E-state index contributed by atoms with van der Waals surface area (Å²) in [4.78, 5) is 35.0. The summed E-state index contributed by atoms with van der Waals surface area (Å²) in [5.74, 6) is -1.01. The normalized spacial score (nSPS) is 11.6. The molecule has 0 aliphatic heterocycles. The molecule has 1 atom stereocenters. The fourth-order valence-corrected chi connectivity index (χ4v) is 2.26. The number of nitrogens with one attached hydrogen (secondary N) is 1. The van der Waals surface area contributed by atoms with E-state index < -0.39 is 28.5 Å². The predicted molar refractivity (Wildman–Crippen MR) is 88.9 cm³/mol. The van der Waals surface area contributed by atoms with Gasteiger partial charge in [-0.1, -0.05) is 13.8 Å². The molecule has 1 N–H and O–H groups in total. The summed E-state index contributed by atoms with van der Waals surface area (Å²) >= 11 is 0. The fraction of sp³-hybridized carbons (Fsp3) is 0.500. The van der Waals surface area contributed by atoms with E-state index >= 15 is 0 Å². The number of methoxy groups -OCH3 is 3. The first-order valence-electron chi connectivity index (χ1n) is 7.54. The first-order valence-corrected chi connectivity index (χ1v) is 7.54. The molecule has 0 bridgehead atoms. The van der Waals surface area contributed by atoms with Crippen LogP contribution in [-0.2, 0) is 9.53 Å². The van der Waals surface area contributed by atoms with Gasteiger partial charge in [0.2, 0.25) is 0 Å². The molecule has 0 aromatic heterocycles. The molecule has 1 aromatic carbocycles. The molecule has 0 spiro atoms. The van der Waals surface area contributed by atoms with Crippen molar-refractivity contribution in [2.24, 2.45) is 5.92 Å². The van der Waals surface area contributed by atoms with Gasteiger partial charge in [-0.2, -0.15) is 0 Å². The van der Waals surface area contributed by atoms with Gasteiger partial charge in [0.1, 0.15) is 11.6 Å². The number of esters is 1. The average Bonchev–Trinajstić information content (AvgIpc) is 2.58. The third kappa shape index (κ3) is 5.07. The number of benzene rings is 1. The molecule has 1 rings (SSSR count). The quantitative estimate of drug-likeness (QED) is 0.430. The molecule has 0 saturated carbocycles. The Morgan fingerprint density at radius 3 is 2.16 bits per heavy atom. The van der Waals surface area contributed by atoms with Gasteiger partial charge >= 0.3 is 5.97 Å². The monoisotopic (exact) mass is 354 g/mol. The van der Waals surface area contributed by atoms with Gasteiger partial charge in [-0.15, -0.1) is 0 Å². The maximum atomic E-state index is 12.5. The standard InChI is InChI=1S/C16H22N2O7/c1-9(2)6-11(16(20)25-5)17-15(19)10-7-13(23-3)14(24-4)8-12(10)18(21)22/h7-9,11H,6H2,1-5H3,(H,17,19)/t11-/m0/s1. The van der Waals surface area contributed by atoms with E-state index in [1.807, 2.05) is 13.8 Å². The summed E-state index contributed by atoms with van der Waals surface area (Å²) in [6.07, 6.45) is 0.333. The highest BCUT2D eigenvalue weighted by molar-refractivity contribution is 6.00. The van der Waals surface area contributed by atoms with Crippen LogP contribution in [0, 0.1) is 16.0 Å². The van der Waals surface area contributed by atoms with Crippen molar-refractivity contribution in [1.82, 2.24) is 5.32 Å². The van der Waals surface area contributed by atoms with Crippen molar-refractivity contribution in [2.45, 2.75) is 26.3 Å². The Morgan fingerprint density at radius 2 is 1.72 bits per heavy atom. The first kappa shape index (κ1) is 20.2. The van der Waals surface area contributed by atoms with Crippen molar-refractivity contribution in [1.29, 1.82) is 0 Å². The van der Waals surface area contributed by atoms with Gasteiger partial charge in [-0.3, -0.25) is 14.9 Å². The number of carbonyl (C=O) groups is 2. The first-order chi connectivity index (χ1) is 11.7. The average molecular weight is 354 g/mol. The zero-order chi connectivity index (χ0) is 19.1. The van der Waals surface area contributed by atoms with Crippen LogP contribution in [-0.4, -0.2) is 44.2 Å². The minimum absolute atomic E-state index is 0.102. The van der Waals surface area contributed by atoms with Crippen molar-refractivity contribution in [2.75, 3.05) is 21.3 Å². The van der Waals surface area contributed by atoms with Gasteiger partial charge < -0.3 is 19.5 Å². The second kappa shape index (κ2) is 8.86. The molecule has 0 heterocycles. The Kier molecular flexibility index (Phi) is 7.16. The number of hydrogen-bond acceptors (Lipinski definition) is 7. The van der Waals surface area contributed by atoms with Gasteiger partial charge in [0.05, 0.1) is 32.3 Å². The van der Waals surface area contributed by atoms with E-state index in [0.29, 0.717) is 6.42 Å². The molecular weight excluding hydrogens is 332 g/mol. The molecule has 1 aromatic rings. The van der Waals surface area contributed by atoms with Crippen LogP contribution in [0.4, 0.5) is 5.69 Å². The summed E-state index contributed by atoms with van der Waals surface area (Å²) in [6, 6.07) is 1.39. The minimum atomic E-state index is -0.912. The molecule has 138 valence electrons. The van der Waals surface area contributed by atoms with E-state index in [0.717, 1.165) is 6.07 Å². The number of amides is 1. The van der Waals surface area contributed by atoms with Crippen LogP contribution < -0.4 is 14.8 Å². The fourth-order valence-electron chi connectivity index (χ4n) is 2.26. The molecule has 0 radical (unpaired) electrons. The Morgan fingerprint density at radius 1 is 1.16 bits per heavy atom. The maximum Gasteiger partial charge on any atom is 0.328 e. The molecule has 0 aliphatic rings. The lowest BCUT2D eigenvalue weighted by Gasteiger charge is -2.18. The Bertz CT molecular complexity index is 658. The molecular formula is C16H22N2O7. The molecule has 0 unspecified atom stereocenters. The minimum Gasteiger partial charge on any atom is -0.493 e. The SMILES string of the molecule is COC(=O)[C@H](CC(C)C)NC(=O)c1cc(OC)c(OC)cc1[N+](=O)[O-]. The van der Waals surface area contributed by atoms with Gasteiger partial charge in [0.25, 0.3) is 11.6 Å². The lowest BCUT2D eigenvalue weighted by Crippen LogP contribution is -2.42. The van der Waals surface area contributed by atoms with Crippen LogP contribution in [0.2, 0.25) is 0 Å². The van der Waals surface area contributed by atoms with E-state index in [9.17, 15) is 19.7 Å². The van der Waals surface area contributed by atoms with Crippen LogP contribution in [0.15, 0.2) is 12.1 Å². The maximum absolute atomic E-state index is 12.5. The summed E-state index contributed by atoms with van der Waals surface area (Å²) in [5.41, 5.74) is -0.691. The van der Waals surface area contributed by atoms with Crippen LogP contribution >= 0.6 is 0 Å². The third-order valence-electron chi connectivity index (χ3n) is 3.44. The van der Waals surface area contributed by atoms with Crippen LogP contribution in [0.25, 0.3) is 0 Å². The van der Waals surface area contributed by atoms with Gasteiger partial charge in [0.15, 0.2) is 11.5 Å². The number of nitro groups is 1. The second-order valence-corrected chi connectivity index (χ2v) is 5.66. The third-order valence-corrected chi connectivity index (χ3v) is 3.44. The summed E-state index contributed by atoms with van der Waals surface area (Å²) < 4.78 is 14.8. The molecule has 9 heteroatoms. The molecule has 0 saturated heterocycles. The number of carbonyl (C=O) groups excluding carboxylic acids is 2. The van der Waals surface area contributed by atoms with Gasteiger partial charge in [0, 0.05) is 6.07 Å². The van der Waals surface area contributed by atoms with Crippen LogP contribution in [0.5, 0.6) is 11.5 Å². The zero-order valence-corrected chi connectivity index (χ0v) is 14.8. The van der Waals surface area contributed by atoms with Crippen molar-refractivity contribution in [3.63, 3.8) is 0 Å². The molecule has 1 amide bonds. The molecule has 0 fully saturated rings. The zero-order valence-electron chi connectivity index (χ0n) is 14.8. The van der Waals surface area contributed by atoms with Gasteiger partial charge in [-0.25, -0.2) is 4.79 Å². The molecule has 25 heavy (non-hydrogen) atoms. The van der Waals surface area contributed by atoms with Crippen molar-refractivity contribution in [3.05, 3.63) is 27.8 Å². The highest BCUT2D eigenvalue weighted by Crippen LogP contribution is 2.34. The van der Waals surface area contributed by atoms with Crippen molar-refractivity contribution in [3.8, 4) is 11.5 Å². The lowest BCUT2D eigenvalue weighted by atomic mass is 10.0. The number of nitro benzene ring substituents is 1. The summed E-state index contributed by atoms with van der Waals surface area (Å²) in [5, 5.41) is 13.8. The summed E-state index contributed by atoms with van der Waals surface area (Å²) in [7, 11) is 3.89. The number of hydrogen-bond donors (Lipinski definition) is 1. The van der Waals surface area contributed by atoms with Crippen molar-refractivity contribution < 1.29 is 28.7 Å². The van der Waals surface area contributed by atoms with Crippen LogP contribution in [0.3, 0.4) is 0 Å². The largest absolute Gasteiger partial charge is 0.493 e. The number of rotatable bonds is 8. The molecule has 9 nitrogen and oxygen atoms in total. The molecule has 0 aliphatic carbocycles. The highest BCUT2D eigenvalue weighted by atomic mass is 16.6. The van der Waals surface area contributed by atoms with E-state index in [1.54, 1.807) is 0 Å². The van der Waals surface area contributed by atoms with E-state index in [-0.39, 0.29) is 23.0 Å². The second-order valence-electron chi connectivity index (χ2n) is 5.66. The van der Waals surface area contributed by atoms with E-state index in [2.05, 4.69) is 10.1 Å². The Hall–Kier alpha value is -2.84. The highest BCUT2D eigenvalue weighted by Gasteiger charge is 2.29. The summed E-state index contributed by atoms with van der Waals surface area (Å²) in [6.45, 7) is 3.75.